The maximum Gasteiger partial charge on any atom is 0.191 e. The fourth-order valence-corrected chi connectivity index (χ4v) is 4.24. The number of nitrogens with zero attached hydrogens (tertiary/aromatic N) is 3. The third kappa shape index (κ3) is 11.5. The molecule has 2 N–H and O–H groups in total. The molecule has 1 unspecified atom stereocenters. The second-order valence-corrected chi connectivity index (χ2v) is 10.4. The maximum absolute atomic E-state index is 11.4. The van der Waals surface area contributed by atoms with Crippen LogP contribution in [0.5, 0.6) is 0 Å². The van der Waals surface area contributed by atoms with Gasteiger partial charge in [-0.25, -0.2) is 13.4 Å². The van der Waals surface area contributed by atoms with Gasteiger partial charge in [-0.15, -0.1) is 24.0 Å². The van der Waals surface area contributed by atoms with Crippen molar-refractivity contribution in [3.8, 4) is 0 Å². The second-order valence-electron chi connectivity index (χ2n) is 8.19. The van der Waals surface area contributed by atoms with Crippen LogP contribution in [0, 0.1) is 0 Å². The van der Waals surface area contributed by atoms with E-state index in [9.17, 15) is 8.42 Å². The molecule has 2 rings (SSSR count). The molecule has 0 spiro atoms. The van der Waals surface area contributed by atoms with E-state index in [0.717, 1.165) is 57.3 Å². The predicted molar refractivity (Wildman–Crippen MR) is 141 cm³/mol. The average Bonchev–Trinajstić information content (AvgIpc) is 2.72. The van der Waals surface area contributed by atoms with Gasteiger partial charge in [0.15, 0.2) is 5.96 Å². The quantitative estimate of drug-likeness (QED) is 0.258. The number of piperazine rings is 1. The number of guanidine groups is 1. The minimum Gasteiger partial charge on any atom is -0.357 e. The number of likely N-dealkylation sites (N-methyl/N-ethyl adjacent to an activating group) is 1. The summed E-state index contributed by atoms with van der Waals surface area (Å²) in [5, 5.41) is 6.53. The lowest BCUT2D eigenvalue weighted by Gasteiger charge is -2.34. The molecule has 1 fully saturated rings. The van der Waals surface area contributed by atoms with Gasteiger partial charge in [-0.3, -0.25) is 4.90 Å². The predicted octanol–water partition coefficient (Wildman–Crippen LogP) is 2.32. The van der Waals surface area contributed by atoms with Gasteiger partial charge >= 0.3 is 0 Å². The van der Waals surface area contributed by atoms with Crippen molar-refractivity contribution in [2.45, 2.75) is 46.3 Å². The van der Waals surface area contributed by atoms with Crippen LogP contribution in [-0.2, 0) is 22.9 Å². The van der Waals surface area contributed by atoms with Gasteiger partial charge in [0.1, 0.15) is 9.84 Å². The highest BCUT2D eigenvalue weighted by molar-refractivity contribution is 14.0. The number of rotatable bonds is 10. The fraction of sp³-hybridized carbons (Fsp3) is 0.682. The first-order valence-corrected chi connectivity index (χ1v) is 13.1. The highest BCUT2D eigenvalue weighted by atomic mass is 127. The third-order valence-corrected chi connectivity index (χ3v) is 6.39. The lowest BCUT2D eigenvalue weighted by molar-refractivity contribution is 0.132. The van der Waals surface area contributed by atoms with Gasteiger partial charge in [-0.05, 0) is 37.9 Å². The molecule has 9 heteroatoms. The van der Waals surface area contributed by atoms with Crippen LogP contribution in [0.15, 0.2) is 29.3 Å². The minimum atomic E-state index is -2.95. The van der Waals surface area contributed by atoms with Crippen molar-refractivity contribution in [1.82, 2.24) is 20.4 Å². The number of hydrogen-bond acceptors (Lipinski definition) is 5. The zero-order valence-corrected chi connectivity index (χ0v) is 22.6. The van der Waals surface area contributed by atoms with Crippen LogP contribution in [0.1, 0.15) is 38.3 Å². The average molecular weight is 566 g/mol. The first kappa shape index (κ1) is 28.1. The van der Waals surface area contributed by atoms with Crippen LogP contribution in [0.4, 0.5) is 0 Å². The lowest BCUT2D eigenvalue weighted by atomic mass is 10.1. The van der Waals surface area contributed by atoms with Crippen molar-refractivity contribution in [2.75, 3.05) is 51.3 Å². The van der Waals surface area contributed by atoms with E-state index in [2.05, 4.69) is 56.6 Å². The summed E-state index contributed by atoms with van der Waals surface area (Å²) in [5.41, 5.74) is 2.50. The highest BCUT2D eigenvalue weighted by Crippen LogP contribution is 2.11. The number of benzene rings is 1. The fourth-order valence-electron chi connectivity index (χ4n) is 3.46. The summed E-state index contributed by atoms with van der Waals surface area (Å²) in [6.45, 7) is 14.3. The van der Waals surface area contributed by atoms with E-state index in [-0.39, 0.29) is 35.8 Å². The smallest absolute Gasteiger partial charge is 0.191 e. The summed E-state index contributed by atoms with van der Waals surface area (Å²) < 4.78 is 22.7. The first-order valence-electron chi connectivity index (χ1n) is 11.0. The topological polar surface area (TPSA) is 77.0 Å². The highest BCUT2D eigenvalue weighted by Gasteiger charge is 2.15. The van der Waals surface area contributed by atoms with Crippen LogP contribution in [0.2, 0.25) is 0 Å². The standard InChI is InChI=1S/C22H39N5O2S.HI/c1-5-23-22(25-19(3)11-16-30(4,28)29)24-17-20-7-9-21(10-8-20)18-27-14-12-26(6-2)13-15-27;/h7-10,19H,5-6,11-18H2,1-4H3,(H2,23,24,25);1H. The molecule has 1 saturated heterocycles. The first-order chi connectivity index (χ1) is 14.3. The van der Waals surface area contributed by atoms with E-state index in [4.69, 9.17) is 0 Å². The molecule has 178 valence electrons. The van der Waals surface area contributed by atoms with Crippen molar-refractivity contribution in [3.63, 3.8) is 0 Å². The third-order valence-electron chi connectivity index (χ3n) is 5.41. The van der Waals surface area contributed by atoms with Crippen molar-refractivity contribution in [2.24, 2.45) is 4.99 Å². The van der Waals surface area contributed by atoms with Gasteiger partial charge < -0.3 is 15.5 Å². The Labute approximate surface area is 206 Å². The van der Waals surface area contributed by atoms with Crippen molar-refractivity contribution >= 4 is 39.8 Å². The van der Waals surface area contributed by atoms with Crippen molar-refractivity contribution < 1.29 is 8.42 Å². The zero-order chi connectivity index (χ0) is 22.0. The summed E-state index contributed by atoms with van der Waals surface area (Å²) in [6.07, 6.45) is 1.83. The molecule has 0 bridgehead atoms. The van der Waals surface area contributed by atoms with Crippen LogP contribution in [0.25, 0.3) is 0 Å². The second kappa shape index (κ2) is 14.3. The summed E-state index contributed by atoms with van der Waals surface area (Å²) >= 11 is 0. The molecule has 1 aliphatic heterocycles. The Morgan fingerprint density at radius 2 is 1.65 bits per heavy atom. The molecule has 1 aromatic rings. The van der Waals surface area contributed by atoms with Gasteiger partial charge in [0, 0.05) is 51.6 Å². The number of nitrogens with one attached hydrogen (secondary N) is 2. The maximum atomic E-state index is 11.4. The minimum absolute atomic E-state index is 0. The van der Waals surface area contributed by atoms with Gasteiger partial charge in [-0.1, -0.05) is 31.2 Å². The number of sulfone groups is 1. The van der Waals surface area contributed by atoms with Crippen molar-refractivity contribution in [1.29, 1.82) is 0 Å². The number of halogens is 1. The van der Waals surface area contributed by atoms with Crippen LogP contribution >= 0.6 is 24.0 Å². The molecular formula is C22H40IN5O2S. The molecule has 1 heterocycles. The Balaban J connectivity index is 0.00000480. The van der Waals surface area contributed by atoms with E-state index in [1.54, 1.807) is 0 Å². The monoisotopic (exact) mass is 565 g/mol. The molecule has 1 aliphatic rings. The Hall–Kier alpha value is -0.910. The molecule has 0 saturated carbocycles. The molecule has 0 amide bonds. The van der Waals surface area contributed by atoms with Crippen LogP contribution in [-0.4, -0.2) is 81.5 Å². The molecule has 31 heavy (non-hydrogen) atoms. The molecule has 0 aromatic heterocycles. The van der Waals surface area contributed by atoms with E-state index < -0.39 is 9.84 Å². The van der Waals surface area contributed by atoms with Gasteiger partial charge in [0.2, 0.25) is 0 Å². The Kier molecular flexibility index (Phi) is 13.0. The van der Waals surface area contributed by atoms with Crippen LogP contribution < -0.4 is 10.6 Å². The largest absolute Gasteiger partial charge is 0.357 e. The summed E-state index contributed by atoms with van der Waals surface area (Å²) in [4.78, 5) is 9.67. The van der Waals surface area contributed by atoms with Gasteiger partial charge in [0.25, 0.3) is 0 Å². The molecule has 1 aromatic carbocycles. The van der Waals surface area contributed by atoms with Crippen molar-refractivity contribution in [3.05, 3.63) is 35.4 Å². The van der Waals surface area contributed by atoms with Gasteiger partial charge in [0.05, 0.1) is 12.3 Å². The Bertz CT molecular complexity index is 763. The van der Waals surface area contributed by atoms with E-state index in [1.807, 2.05) is 13.8 Å². The molecule has 0 aliphatic carbocycles. The number of hydrogen-bond donors (Lipinski definition) is 2. The van der Waals surface area contributed by atoms with E-state index in [1.165, 1.54) is 11.8 Å². The van der Waals surface area contributed by atoms with E-state index in [0.29, 0.717) is 13.0 Å². The summed E-state index contributed by atoms with van der Waals surface area (Å²) in [7, 11) is -2.95. The SMILES string of the molecule is CCNC(=NCc1ccc(CN2CCN(CC)CC2)cc1)NC(C)CCS(C)(=O)=O.I. The molecule has 0 radical (unpaired) electrons. The zero-order valence-electron chi connectivity index (χ0n) is 19.4. The van der Waals surface area contributed by atoms with Crippen LogP contribution in [0.3, 0.4) is 0 Å². The molecular weight excluding hydrogens is 525 g/mol. The Morgan fingerprint density at radius 1 is 1.06 bits per heavy atom. The normalized spacial score (nSPS) is 17.1. The molecule has 7 nitrogen and oxygen atoms in total. The molecule has 1 atom stereocenters. The Morgan fingerprint density at radius 3 is 2.19 bits per heavy atom. The summed E-state index contributed by atoms with van der Waals surface area (Å²) in [6, 6.07) is 8.74. The number of aliphatic imine (C=N–C) groups is 1. The summed E-state index contributed by atoms with van der Waals surface area (Å²) in [5.74, 6) is 0.895. The van der Waals surface area contributed by atoms with E-state index >= 15 is 0 Å². The van der Waals surface area contributed by atoms with Gasteiger partial charge in [-0.2, -0.15) is 0 Å². The lowest BCUT2D eigenvalue weighted by Crippen LogP contribution is -2.45.